The summed E-state index contributed by atoms with van der Waals surface area (Å²) in [6.45, 7) is 5.69. The molecule has 7 heteroatoms. The van der Waals surface area contributed by atoms with E-state index in [1.165, 1.54) is 10.5 Å². The summed E-state index contributed by atoms with van der Waals surface area (Å²) in [5.74, 6) is -0.398. The van der Waals surface area contributed by atoms with Gasteiger partial charge in [-0.2, -0.15) is 0 Å². The Hall–Kier alpha value is -3.74. The maximum absolute atomic E-state index is 13.1. The Morgan fingerprint density at radius 1 is 1.07 bits per heavy atom. The summed E-state index contributed by atoms with van der Waals surface area (Å²) >= 11 is 0. The second-order valence-corrected chi connectivity index (χ2v) is 7.56. The van der Waals surface area contributed by atoms with Crippen LogP contribution in [0.4, 0.5) is 0 Å². The lowest BCUT2D eigenvalue weighted by Gasteiger charge is -2.19. The van der Waals surface area contributed by atoms with Gasteiger partial charge in [0.05, 0.1) is 17.0 Å². The predicted molar refractivity (Wildman–Crippen MR) is 116 cm³/mol. The van der Waals surface area contributed by atoms with E-state index >= 15 is 0 Å². The van der Waals surface area contributed by atoms with Gasteiger partial charge >= 0.3 is 0 Å². The van der Waals surface area contributed by atoms with Gasteiger partial charge in [-0.3, -0.25) is 19.4 Å². The highest BCUT2D eigenvalue weighted by Crippen LogP contribution is 2.16. The summed E-state index contributed by atoms with van der Waals surface area (Å²) in [7, 11) is 0. The molecule has 0 fully saturated rings. The first-order chi connectivity index (χ1) is 14.4. The normalized spacial score (nSPS) is 12.4. The lowest BCUT2D eigenvalue weighted by Crippen LogP contribution is -2.36. The molecule has 4 aromatic rings. The van der Waals surface area contributed by atoms with Crippen LogP contribution in [0.3, 0.4) is 0 Å². The molecule has 0 unspecified atom stereocenters. The minimum absolute atomic E-state index is 0.0300. The van der Waals surface area contributed by atoms with Crippen LogP contribution in [-0.2, 0) is 0 Å². The monoisotopic (exact) mass is 401 g/mol. The maximum atomic E-state index is 13.1. The Morgan fingerprint density at radius 3 is 2.47 bits per heavy atom. The number of aromatic nitrogens is 3. The van der Waals surface area contributed by atoms with Gasteiger partial charge in [-0.25, -0.2) is 4.98 Å². The van der Waals surface area contributed by atoms with Crippen molar-refractivity contribution in [2.45, 2.75) is 32.9 Å². The number of nitrogens with zero attached hydrogens (tertiary/aromatic N) is 3. The smallest absolute Gasteiger partial charge is 0.267 e. The minimum atomic E-state index is -0.398. The molecule has 0 saturated heterocycles. The van der Waals surface area contributed by atoms with Crippen LogP contribution >= 0.6 is 0 Å². The largest absolute Gasteiger partial charge is 0.345 e. The molecular formula is C23H23N5O2. The van der Waals surface area contributed by atoms with Gasteiger partial charge in [-0.1, -0.05) is 36.4 Å². The third-order valence-corrected chi connectivity index (χ3v) is 5.17. The number of hydrogen-bond acceptors (Lipinski definition) is 4. The number of carbonyl (C=O) groups excluding carboxylic acids is 1. The van der Waals surface area contributed by atoms with Gasteiger partial charge in [0.15, 0.2) is 0 Å². The van der Waals surface area contributed by atoms with Crippen LogP contribution in [0.2, 0.25) is 0 Å². The number of pyridine rings is 2. The molecule has 0 aliphatic rings. The first-order valence-electron chi connectivity index (χ1n) is 9.85. The van der Waals surface area contributed by atoms with Crippen LogP contribution in [-0.4, -0.2) is 19.9 Å². The molecule has 3 heterocycles. The van der Waals surface area contributed by atoms with Crippen LogP contribution in [0.25, 0.3) is 16.7 Å². The standard InChI is InChI=1S/C23H23N5O2/c1-14(2)28-20(24)17(22(29)25-15(3)16-9-5-4-6-10-16)13-18-21(28)26-19-11-7-8-12-27(19)23(18)30/h4-15,24H,1-3H3,(H,25,29)/t15-/m1/s1. The van der Waals surface area contributed by atoms with Crippen LogP contribution in [0.15, 0.2) is 65.6 Å². The molecule has 1 amide bonds. The van der Waals surface area contributed by atoms with Crippen molar-refractivity contribution in [2.75, 3.05) is 0 Å². The number of amides is 1. The second-order valence-electron chi connectivity index (χ2n) is 7.56. The summed E-state index contributed by atoms with van der Waals surface area (Å²) < 4.78 is 3.08. The highest BCUT2D eigenvalue weighted by Gasteiger charge is 2.20. The Balaban J connectivity index is 1.90. The van der Waals surface area contributed by atoms with Crippen LogP contribution < -0.4 is 16.4 Å². The molecule has 0 saturated carbocycles. The molecule has 3 aromatic heterocycles. The summed E-state index contributed by atoms with van der Waals surface area (Å²) in [5.41, 5.74) is 1.77. The zero-order valence-electron chi connectivity index (χ0n) is 17.1. The van der Waals surface area contributed by atoms with Crippen molar-refractivity contribution in [3.05, 3.63) is 87.8 Å². The van der Waals surface area contributed by atoms with E-state index in [1.807, 2.05) is 57.2 Å². The van der Waals surface area contributed by atoms with E-state index in [4.69, 9.17) is 5.41 Å². The lowest BCUT2D eigenvalue weighted by atomic mass is 10.1. The molecule has 0 spiro atoms. The van der Waals surface area contributed by atoms with Gasteiger partial charge in [0, 0.05) is 12.2 Å². The molecule has 2 N–H and O–H groups in total. The van der Waals surface area contributed by atoms with E-state index in [2.05, 4.69) is 10.3 Å². The summed E-state index contributed by atoms with van der Waals surface area (Å²) in [6, 6.07) is 16.0. The van der Waals surface area contributed by atoms with E-state index in [-0.39, 0.29) is 28.7 Å². The number of fused-ring (bicyclic) bond motifs is 2. The SMILES string of the molecule is CC(C)n1c(=N)c(C(=O)N[C@H](C)c2ccccc2)cc2c(=O)n3ccccc3nc21. The minimum Gasteiger partial charge on any atom is -0.345 e. The van der Waals surface area contributed by atoms with Crippen molar-refractivity contribution in [2.24, 2.45) is 0 Å². The number of nitrogens with one attached hydrogen (secondary N) is 2. The fourth-order valence-electron chi connectivity index (χ4n) is 3.62. The average molecular weight is 401 g/mol. The number of benzene rings is 1. The molecule has 0 aliphatic carbocycles. The molecule has 1 aromatic carbocycles. The fraction of sp³-hybridized carbons (Fsp3) is 0.217. The number of carbonyl (C=O) groups is 1. The number of rotatable bonds is 4. The quantitative estimate of drug-likeness (QED) is 0.514. The van der Waals surface area contributed by atoms with Crippen molar-refractivity contribution in [1.82, 2.24) is 19.3 Å². The molecule has 1 atom stereocenters. The molecule has 0 radical (unpaired) electrons. The highest BCUT2D eigenvalue weighted by molar-refractivity contribution is 5.97. The third kappa shape index (κ3) is 3.28. The molecule has 30 heavy (non-hydrogen) atoms. The molecule has 0 aliphatic heterocycles. The van der Waals surface area contributed by atoms with Crippen LogP contribution in [0.5, 0.6) is 0 Å². The van der Waals surface area contributed by atoms with Gasteiger partial charge in [0.1, 0.15) is 16.8 Å². The predicted octanol–water partition coefficient (Wildman–Crippen LogP) is 3.20. The summed E-state index contributed by atoms with van der Waals surface area (Å²) in [6.07, 6.45) is 1.65. The Kier molecular flexibility index (Phi) is 4.95. The van der Waals surface area contributed by atoms with Gasteiger partial charge < -0.3 is 9.88 Å². The Morgan fingerprint density at radius 2 is 1.77 bits per heavy atom. The van der Waals surface area contributed by atoms with E-state index < -0.39 is 5.91 Å². The van der Waals surface area contributed by atoms with Crippen LogP contribution in [0, 0.1) is 5.41 Å². The third-order valence-electron chi connectivity index (χ3n) is 5.17. The summed E-state index contributed by atoms with van der Waals surface area (Å²) in [5, 5.41) is 11.9. The van der Waals surface area contributed by atoms with Gasteiger partial charge in [0.25, 0.3) is 11.5 Å². The molecule has 152 valence electrons. The van der Waals surface area contributed by atoms with E-state index in [1.54, 1.807) is 22.9 Å². The van der Waals surface area contributed by atoms with Crippen molar-refractivity contribution in [3.8, 4) is 0 Å². The van der Waals surface area contributed by atoms with Gasteiger partial charge in [0.2, 0.25) is 0 Å². The van der Waals surface area contributed by atoms with Crippen molar-refractivity contribution < 1.29 is 4.79 Å². The van der Waals surface area contributed by atoms with E-state index in [0.29, 0.717) is 16.7 Å². The highest BCUT2D eigenvalue weighted by atomic mass is 16.2. The summed E-state index contributed by atoms with van der Waals surface area (Å²) in [4.78, 5) is 30.8. The van der Waals surface area contributed by atoms with Crippen molar-refractivity contribution in [1.29, 1.82) is 5.41 Å². The lowest BCUT2D eigenvalue weighted by molar-refractivity contribution is 0.0937. The first-order valence-corrected chi connectivity index (χ1v) is 9.85. The molecule has 7 nitrogen and oxygen atoms in total. The van der Waals surface area contributed by atoms with E-state index in [9.17, 15) is 9.59 Å². The topological polar surface area (TPSA) is 92.2 Å². The van der Waals surface area contributed by atoms with Gasteiger partial charge in [-0.05, 0) is 44.5 Å². The second kappa shape index (κ2) is 7.59. The van der Waals surface area contributed by atoms with Crippen molar-refractivity contribution in [3.63, 3.8) is 0 Å². The Labute approximate surface area is 173 Å². The maximum Gasteiger partial charge on any atom is 0.267 e. The molecule has 0 bridgehead atoms. The van der Waals surface area contributed by atoms with Crippen molar-refractivity contribution >= 4 is 22.6 Å². The first kappa shape index (κ1) is 19.6. The molecular weight excluding hydrogens is 378 g/mol. The fourth-order valence-corrected chi connectivity index (χ4v) is 3.62. The molecule has 4 rings (SSSR count). The van der Waals surface area contributed by atoms with Crippen LogP contribution in [0.1, 0.15) is 48.8 Å². The zero-order valence-corrected chi connectivity index (χ0v) is 17.1. The van der Waals surface area contributed by atoms with E-state index in [0.717, 1.165) is 5.56 Å². The average Bonchev–Trinajstić information content (AvgIpc) is 2.74. The number of hydrogen-bond donors (Lipinski definition) is 2. The Bertz CT molecular complexity index is 1370. The zero-order chi connectivity index (χ0) is 21.4. The van der Waals surface area contributed by atoms with Gasteiger partial charge in [-0.15, -0.1) is 0 Å².